The van der Waals surface area contributed by atoms with Gasteiger partial charge in [-0.1, -0.05) is 18.2 Å². The molecule has 1 aromatic heterocycles. The Balaban J connectivity index is 2.78. The van der Waals surface area contributed by atoms with Crippen LogP contribution >= 0.6 is 0 Å². The summed E-state index contributed by atoms with van der Waals surface area (Å²) in [5.41, 5.74) is 1.50. The molecule has 2 aromatic rings. The maximum Gasteiger partial charge on any atom is 0.326 e. The van der Waals surface area contributed by atoms with E-state index in [-0.39, 0.29) is 5.69 Å². The number of aromatic nitrogens is 2. The zero-order valence-corrected chi connectivity index (χ0v) is 7.08. The topological polar surface area (TPSA) is 37.8 Å². The molecule has 0 saturated carbocycles. The van der Waals surface area contributed by atoms with Crippen LogP contribution in [-0.2, 0) is 6.54 Å². The minimum atomic E-state index is -0.114. The van der Waals surface area contributed by atoms with Crippen LogP contribution in [0.1, 0.15) is 0 Å². The SMILES string of the molecule is C=CCn1c(=O)[nH]c2ccc[c]c21. The van der Waals surface area contributed by atoms with Crippen LogP contribution < -0.4 is 5.69 Å². The molecule has 0 saturated heterocycles. The van der Waals surface area contributed by atoms with Gasteiger partial charge in [0, 0.05) is 12.6 Å². The standard InChI is InChI=1S/C10H9N2O/c1-2-7-12-9-6-4-3-5-8(9)11-10(12)13/h2-5H,1,7H2,(H,11,13). The molecule has 0 amide bonds. The molecule has 1 aromatic carbocycles. The Kier molecular flexibility index (Phi) is 1.77. The van der Waals surface area contributed by atoms with Crippen molar-refractivity contribution in [2.75, 3.05) is 0 Å². The number of allylic oxidation sites excluding steroid dienone is 1. The number of para-hydroxylation sites is 1. The molecule has 0 aliphatic heterocycles. The summed E-state index contributed by atoms with van der Waals surface area (Å²) in [6.07, 6.45) is 1.69. The van der Waals surface area contributed by atoms with Crippen LogP contribution in [-0.4, -0.2) is 9.55 Å². The highest BCUT2D eigenvalue weighted by atomic mass is 16.1. The molecular formula is C10H9N2O. The van der Waals surface area contributed by atoms with Crippen molar-refractivity contribution >= 4 is 11.0 Å². The van der Waals surface area contributed by atoms with Crippen LogP contribution in [0.2, 0.25) is 0 Å². The minimum absolute atomic E-state index is 0.114. The molecule has 1 heterocycles. The molecule has 0 spiro atoms. The molecular weight excluding hydrogens is 164 g/mol. The number of hydrogen-bond acceptors (Lipinski definition) is 1. The lowest BCUT2D eigenvalue weighted by Gasteiger charge is -1.95. The molecule has 1 N–H and O–H groups in total. The van der Waals surface area contributed by atoms with Gasteiger partial charge in [0.15, 0.2) is 0 Å². The van der Waals surface area contributed by atoms with Gasteiger partial charge in [-0.3, -0.25) is 4.57 Å². The van der Waals surface area contributed by atoms with Crippen molar-refractivity contribution in [1.29, 1.82) is 0 Å². The van der Waals surface area contributed by atoms with E-state index in [0.29, 0.717) is 6.54 Å². The molecule has 2 rings (SSSR count). The van der Waals surface area contributed by atoms with Crippen molar-refractivity contribution in [3.8, 4) is 0 Å². The Morgan fingerprint density at radius 2 is 2.54 bits per heavy atom. The number of benzene rings is 1. The van der Waals surface area contributed by atoms with Crippen LogP contribution in [0.25, 0.3) is 11.0 Å². The summed E-state index contributed by atoms with van der Waals surface area (Å²) < 4.78 is 1.60. The zero-order chi connectivity index (χ0) is 9.26. The third-order valence-corrected chi connectivity index (χ3v) is 1.90. The molecule has 13 heavy (non-hydrogen) atoms. The highest BCUT2D eigenvalue weighted by Crippen LogP contribution is 2.07. The van der Waals surface area contributed by atoms with E-state index in [4.69, 9.17) is 0 Å². The average molecular weight is 173 g/mol. The number of aromatic amines is 1. The van der Waals surface area contributed by atoms with E-state index in [9.17, 15) is 4.79 Å². The van der Waals surface area contributed by atoms with Crippen molar-refractivity contribution in [2.45, 2.75) is 6.54 Å². The van der Waals surface area contributed by atoms with Gasteiger partial charge >= 0.3 is 5.69 Å². The van der Waals surface area contributed by atoms with Gasteiger partial charge in [-0.2, -0.15) is 0 Å². The fourth-order valence-corrected chi connectivity index (χ4v) is 1.34. The largest absolute Gasteiger partial charge is 0.326 e. The fraction of sp³-hybridized carbons (Fsp3) is 0.100. The van der Waals surface area contributed by atoms with Gasteiger partial charge in [0.25, 0.3) is 0 Å². The maximum absolute atomic E-state index is 11.4. The lowest BCUT2D eigenvalue weighted by molar-refractivity contribution is 0.809. The molecule has 65 valence electrons. The van der Waals surface area contributed by atoms with Gasteiger partial charge < -0.3 is 4.98 Å². The smallest absolute Gasteiger partial charge is 0.306 e. The summed E-state index contributed by atoms with van der Waals surface area (Å²) in [6.45, 7) is 4.11. The third kappa shape index (κ3) is 1.18. The number of imidazole rings is 1. The molecule has 0 unspecified atom stereocenters. The lowest BCUT2D eigenvalue weighted by Crippen LogP contribution is -2.15. The van der Waals surface area contributed by atoms with Crippen molar-refractivity contribution in [1.82, 2.24) is 9.55 Å². The second-order valence-electron chi connectivity index (χ2n) is 2.76. The maximum atomic E-state index is 11.4. The van der Waals surface area contributed by atoms with Crippen LogP contribution in [0.15, 0.2) is 35.6 Å². The van der Waals surface area contributed by atoms with Crippen LogP contribution in [0, 0.1) is 6.07 Å². The Labute approximate surface area is 75.3 Å². The molecule has 0 atom stereocenters. The Morgan fingerprint density at radius 1 is 1.69 bits per heavy atom. The van der Waals surface area contributed by atoms with Gasteiger partial charge in [0.05, 0.1) is 11.0 Å². The Hall–Kier alpha value is -1.77. The molecule has 3 nitrogen and oxygen atoms in total. The second kappa shape index (κ2) is 2.94. The Bertz CT molecular complexity index is 493. The van der Waals surface area contributed by atoms with Crippen LogP contribution in [0.3, 0.4) is 0 Å². The van der Waals surface area contributed by atoms with E-state index in [2.05, 4.69) is 17.6 Å². The molecule has 0 aliphatic carbocycles. The number of rotatable bonds is 2. The van der Waals surface area contributed by atoms with Crippen molar-refractivity contribution < 1.29 is 0 Å². The van der Waals surface area contributed by atoms with Gasteiger partial charge in [-0.05, 0) is 6.07 Å². The first-order valence-electron chi connectivity index (χ1n) is 4.03. The predicted octanol–water partition coefficient (Wildman–Crippen LogP) is 1.32. The van der Waals surface area contributed by atoms with Gasteiger partial charge in [-0.25, -0.2) is 4.79 Å². The highest BCUT2D eigenvalue weighted by molar-refractivity contribution is 5.74. The summed E-state index contributed by atoms with van der Waals surface area (Å²) >= 11 is 0. The van der Waals surface area contributed by atoms with E-state index < -0.39 is 0 Å². The number of nitrogens with one attached hydrogen (secondary N) is 1. The van der Waals surface area contributed by atoms with Crippen molar-refractivity contribution in [2.24, 2.45) is 0 Å². The van der Waals surface area contributed by atoms with Gasteiger partial charge in [0.2, 0.25) is 0 Å². The second-order valence-corrected chi connectivity index (χ2v) is 2.76. The summed E-state index contributed by atoms with van der Waals surface area (Å²) in [4.78, 5) is 14.1. The summed E-state index contributed by atoms with van der Waals surface area (Å²) in [5.74, 6) is 0. The fourth-order valence-electron chi connectivity index (χ4n) is 1.34. The molecule has 0 fully saturated rings. The van der Waals surface area contributed by atoms with Gasteiger partial charge in [-0.15, -0.1) is 6.58 Å². The van der Waals surface area contributed by atoms with Crippen molar-refractivity contribution in [3.05, 3.63) is 47.4 Å². The third-order valence-electron chi connectivity index (χ3n) is 1.90. The number of fused-ring (bicyclic) bond motifs is 1. The lowest BCUT2D eigenvalue weighted by atomic mass is 10.3. The Morgan fingerprint density at radius 3 is 3.31 bits per heavy atom. The van der Waals surface area contributed by atoms with Gasteiger partial charge in [0.1, 0.15) is 0 Å². The summed E-state index contributed by atoms with van der Waals surface area (Å²) in [5, 5.41) is 0. The molecule has 0 aliphatic rings. The normalized spacial score (nSPS) is 10.5. The highest BCUT2D eigenvalue weighted by Gasteiger charge is 2.02. The molecule has 1 radical (unpaired) electrons. The van der Waals surface area contributed by atoms with E-state index in [1.807, 2.05) is 12.1 Å². The van der Waals surface area contributed by atoms with Crippen LogP contribution in [0.4, 0.5) is 0 Å². The monoisotopic (exact) mass is 173 g/mol. The van der Waals surface area contributed by atoms with E-state index in [1.165, 1.54) is 0 Å². The first-order chi connectivity index (χ1) is 6.33. The predicted molar refractivity (Wildman–Crippen MR) is 51.6 cm³/mol. The first-order valence-corrected chi connectivity index (χ1v) is 4.03. The summed E-state index contributed by atoms with van der Waals surface area (Å²) in [7, 11) is 0. The summed E-state index contributed by atoms with van der Waals surface area (Å²) in [6, 6.07) is 8.49. The quantitative estimate of drug-likeness (QED) is 0.683. The van der Waals surface area contributed by atoms with E-state index in [0.717, 1.165) is 11.0 Å². The zero-order valence-electron chi connectivity index (χ0n) is 7.08. The van der Waals surface area contributed by atoms with E-state index >= 15 is 0 Å². The molecule has 3 heteroatoms. The first kappa shape index (κ1) is 7.86. The van der Waals surface area contributed by atoms with Crippen LogP contribution in [0.5, 0.6) is 0 Å². The van der Waals surface area contributed by atoms with Crippen molar-refractivity contribution in [3.63, 3.8) is 0 Å². The number of H-pyrrole nitrogens is 1. The van der Waals surface area contributed by atoms with E-state index in [1.54, 1.807) is 16.7 Å². The average Bonchev–Trinajstić information content (AvgIpc) is 2.44. The number of nitrogens with zero attached hydrogens (tertiary/aromatic N) is 1. The molecule has 0 bridgehead atoms. The minimum Gasteiger partial charge on any atom is -0.306 e. The number of hydrogen-bond donors (Lipinski definition) is 1.